The molecule has 1 aromatic heterocycles. The molecule has 1 heterocycles. The average Bonchev–Trinajstić information content (AvgIpc) is 2.16. The fourth-order valence-corrected chi connectivity index (χ4v) is 1.06. The molecule has 0 bridgehead atoms. The second kappa shape index (κ2) is 5.16. The van der Waals surface area contributed by atoms with Gasteiger partial charge < -0.3 is 4.74 Å². The van der Waals surface area contributed by atoms with Gasteiger partial charge in [-0.2, -0.15) is 12.6 Å². The molecule has 0 atom stereocenters. The minimum atomic E-state index is -0.564. The van der Waals surface area contributed by atoms with Crippen molar-refractivity contribution in [3.05, 3.63) is 18.0 Å². The van der Waals surface area contributed by atoms with Crippen molar-refractivity contribution in [2.75, 3.05) is 5.32 Å². The third kappa shape index (κ3) is 4.48. The maximum Gasteiger partial charge on any atom is 0.414 e. The molecule has 6 heteroatoms. The molecule has 0 aromatic carbocycles. The predicted molar refractivity (Wildman–Crippen MR) is 64.6 cm³/mol. The standard InChI is InChI=1S/C10H15N3O2S/c1-10(2,3)15-9(14)13-8-11-4-7(6-16)5-12-8/h4-5,16H,6H2,1-3H3,(H,11,12,13,14). The Hall–Kier alpha value is -1.30. The molecule has 0 fully saturated rings. The summed E-state index contributed by atoms with van der Waals surface area (Å²) in [7, 11) is 0. The molecule has 16 heavy (non-hydrogen) atoms. The molecule has 1 amide bonds. The van der Waals surface area contributed by atoms with Gasteiger partial charge in [-0.15, -0.1) is 0 Å². The van der Waals surface area contributed by atoms with Crippen molar-refractivity contribution < 1.29 is 9.53 Å². The van der Waals surface area contributed by atoms with Crippen LogP contribution in [-0.2, 0) is 10.5 Å². The Labute approximate surface area is 100 Å². The second-order valence-corrected chi connectivity index (χ2v) is 4.52. The SMILES string of the molecule is CC(C)(C)OC(=O)Nc1ncc(CS)cn1. The van der Waals surface area contributed by atoms with Crippen LogP contribution in [0.15, 0.2) is 12.4 Å². The molecule has 1 N–H and O–H groups in total. The summed E-state index contributed by atoms with van der Waals surface area (Å²) >= 11 is 4.08. The molecule has 1 aromatic rings. The van der Waals surface area contributed by atoms with Gasteiger partial charge in [-0.1, -0.05) is 0 Å². The molecule has 0 aliphatic rings. The number of aromatic nitrogens is 2. The summed E-state index contributed by atoms with van der Waals surface area (Å²) in [6, 6.07) is 0. The van der Waals surface area contributed by atoms with Crippen molar-refractivity contribution in [3.8, 4) is 0 Å². The van der Waals surface area contributed by atoms with Crippen molar-refractivity contribution in [1.82, 2.24) is 9.97 Å². The Morgan fingerprint density at radius 2 is 2.00 bits per heavy atom. The monoisotopic (exact) mass is 241 g/mol. The first-order valence-corrected chi connectivity index (χ1v) is 5.46. The highest BCUT2D eigenvalue weighted by molar-refractivity contribution is 7.79. The number of rotatable bonds is 2. The van der Waals surface area contributed by atoms with Gasteiger partial charge in [-0.05, 0) is 26.3 Å². The van der Waals surface area contributed by atoms with Gasteiger partial charge in [0.2, 0.25) is 5.95 Å². The Balaban J connectivity index is 2.56. The predicted octanol–water partition coefficient (Wildman–Crippen LogP) is 2.25. The number of hydrogen-bond acceptors (Lipinski definition) is 5. The first-order chi connectivity index (χ1) is 7.40. The van der Waals surface area contributed by atoms with Gasteiger partial charge in [-0.3, -0.25) is 5.32 Å². The van der Waals surface area contributed by atoms with Crippen LogP contribution in [-0.4, -0.2) is 21.7 Å². The lowest BCUT2D eigenvalue weighted by molar-refractivity contribution is 0.0634. The molecule has 0 aliphatic heterocycles. The summed E-state index contributed by atoms with van der Waals surface area (Å²) < 4.78 is 5.05. The van der Waals surface area contributed by atoms with Crippen LogP contribution in [0, 0.1) is 0 Å². The van der Waals surface area contributed by atoms with Gasteiger partial charge in [0.1, 0.15) is 5.60 Å². The van der Waals surface area contributed by atoms with E-state index in [-0.39, 0.29) is 5.95 Å². The lowest BCUT2D eigenvalue weighted by Crippen LogP contribution is -2.27. The molecular weight excluding hydrogens is 226 g/mol. The van der Waals surface area contributed by atoms with Crippen LogP contribution in [0.4, 0.5) is 10.7 Å². The van der Waals surface area contributed by atoms with Crippen LogP contribution in [0.1, 0.15) is 26.3 Å². The van der Waals surface area contributed by atoms with E-state index in [9.17, 15) is 4.79 Å². The normalized spacial score (nSPS) is 11.0. The maximum atomic E-state index is 11.4. The van der Waals surface area contributed by atoms with E-state index in [2.05, 4.69) is 27.9 Å². The number of anilines is 1. The Morgan fingerprint density at radius 1 is 1.44 bits per heavy atom. The van der Waals surface area contributed by atoms with Gasteiger partial charge in [0.25, 0.3) is 0 Å². The fourth-order valence-electron chi connectivity index (χ4n) is 0.896. The molecule has 0 saturated heterocycles. The van der Waals surface area contributed by atoms with Crippen molar-refractivity contribution in [2.45, 2.75) is 32.1 Å². The zero-order valence-electron chi connectivity index (χ0n) is 9.52. The highest BCUT2D eigenvalue weighted by atomic mass is 32.1. The Morgan fingerprint density at radius 3 is 2.44 bits per heavy atom. The van der Waals surface area contributed by atoms with Crippen LogP contribution in [0.3, 0.4) is 0 Å². The van der Waals surface area contributed by atoms with Crippen molar-refractivity contribution in [1.29, 1.82) is 0 Å². The molecule has 0 unspecified atom stereocenters. The molecular formula is C10H15N3O2S. The summed E-state index contributed by atoms with van der Waals surface area (Å²) in [6.45, 7) is 5.37. The molecule has 1 rings (SSSR count). The molecule has 0 saturated carbocycles. The minimum absolute atomic E-state index is 0.222. The molecule has 0 radical (unpaired) electrons. The molecule has 0 spiro atoms. The summed E-state index contributed by atoms with van der Waals surface area (Å²) in [6.07, 6.45) is 2.64. The Bertz CT molecular complexity index is 359. The van der Waals surface area contributed by atoms with Crippen LogP contribution < -0.4 is 5.32 Å². The highest BCUT2D eigenvalue weighted by Gasteiger charge is 2.16. The smallest absolute Gasteiger partial charge is 0.414 e. The average molecular weight is 241 g/mol. The molecule has 0 aliphatic carbocycles. The van der Waals surface area contributed by atoms with E-state index in [1.165, 1.54) is 0 Å². The van der Waals surface area contributed by atoms with Gasteiger partial charge in [0, 0.05) is 18.1 Å². The first-order valence-electron chi connectivity index (χ1n) is 4.82. The number of amides is 1. The number of thiol groups is 1. The quantitative estimate of drug-likeness (QED) is 0.779. The first kappa shape index (κ1) is 12.8. The van der Waals surface area contributed by atoms with E-state index in [1.54, 1.807) is 33.2 Å². The Kier molecular flexibility index (Phi) is 4.12. The summed E-state index contributed by atoms with van der Waals surface area (Å²) in [4.78, 5) is 19.2. The van der Waals surface area contributed by atoms with Crippen molar-refractivity contribution in [2.24, 2.45) is 0 Å². The number of nitrogens with zero attached hydrogens (tertiary/aromatic N) is 2. The van der Waals surface area contributed by atoms with Gasteiger partial charge in [-0.25, -0.2) is 14.8 Å². The van der Waals surface area contributed by atoms with Gasteiger partial charge >= 0.3 is 6.09 Å². The minimum Gasteiger partial charge on any atom is -0.444 e. The molecule has 5 nitrogen and oxygen atoms in total. The number of hydrogen-bond donors (Lipinski definition) is 2. The van der Waals surface area contributed by atoms with E-state index in [4.69, 9.17) is 4.74 Å². The van der Waals surface area contributed by atoms with Crippen LogP contribution in [0.2, 0.25) is 0 Å². The topological polar surface area (TPSA) is 64.1 Å². The van der Waals surface area contributed by atoms with Gasteiger partial charge in [0.05, 0.1) is 0 Å². The lowest BCUT2D eigenvalue weighted by atomic mass is 10.2. The van der Waals surface area contributed by atoms with Crippen LogP contribution in [0.25, 0.3) is 0 Å². The van der Waals surface area contributed by atoms with Crippen molar-refractivity contribution in [3.63, 3.8) is 0 Å². The van der Waals surface area contributed by atoms with E-state index < -0.39 is 11.7 Å². The zero-order valence-corrected chi connectivity index (χ0v) is 10.4. The third-order valence-corrected chi connectivity index (χ3v) is 1.87. The highest BCUT2D eigenvalue weighted by Crippen LogP contribution is 2.09. The van der Waals surface area contributed by atoms with Gasteiger partial charge in [0.15, 0.2) is 0 Å². The van der Waals surface area contributed by atoms with E-state index in [0.29, 0.717) is 5.75 Å². The van der Waals surface area contributed by atoms with Crippen LogP contribution >= 0.6 is 12.6 Å². The summed E-state index contributed by atoms with van der Waals surface area (Å²) in [5.41, 5.74) is 0.354. The number of ether oxygens (including phenoxy) is 1. The number of nitrogens with one attached hydrogen (secondary N) is 1. The van der Waals surface area contributed by atoms with E-state index in [1.807, 2.05) is 0 Å². The third-order valence-electron chi connectivity index (χ3n) is 1.50. The second-order valence-electron chi connectivity index (χ2n) is 4.20. The van der Waals surface area contributed by atoms with Crippen molar-refractivity contribution >= 4 is 24.7 Å². The fraction of sp³-hybridized carbons (Fsp3) is 0.500. The zero-order chi connectivity index (χ0) is 12.2. The number of carbonyl (C=O) groups is 1. The van der Waals surface area contributed by atoms with E-state index >= 15 is 0 Å². The van der Waals surface area contributed by atoms with E-state index in [0.717, 1.165) is 5.56 Å². The lowest BCUT2D eigenvalue weighted by Gasteiger charge is -2.19. The summed E-state index contributed by atoms with van der Waals surface area (Å²) in [5.74, 6) is 0.784. The van der Waals surface area contributed by atoms with Crippen LogP contribution in [0.5, 0.6) is 0 Å². The molecule has 88 valence electrons. The summed E-state index contributed by atoms with van der Waals surface area (Å²) in [5, 5.41) is 2.44. The largest absolute Gasteiger partial charge is 0.444 e. The maximum absolute atomic E-state index is 11.4. The number of carbonyl (C=O) groups excluding carboxylic acids is 1.